The van der Waals surface area contributed by atoms with Crippen molar-refractivity contribution in [3.63, 3.8) is 0 Å². The molecule has 5 atom stereocenters. The van der Waals surface area contributed by atoms with Gasteiger partial charge in [0.15, 0.2) is 0 Å². The van der Waals surface area contributed by atoms with Crippen LogP contribution < -0.4 is 9.47 Å². The third kappa shape index (κ3) is 4.96. The first kappa shape index (κ1) is 23.7. The van der Waals surface area contributed by atoms with Crippen LogP contribution in [0.5, 0.6) is 11.5 Å². The number of methoxy groups -OCH3 is 1. The highest BCUT2D eigenvalue weighted by Gasteiger charge is 2.52. The van der Waals surface area contributed by atoms with Crippen molar-refractivity contribution < 1.29 is 39.7 Å². The van der Waals surface area contributed by atoms with Crippen LogP contribution in [0.1, 0.15) is 23.6 Å². The van der Waals surface area contributed by atoms with Gasteiger partial charge in [0.1, 0.15) is 35.4 Å². The Balaban J connectivity index is 1.92. The van der Waals surface area contributed by atoms with Gasteiger partial charge in [0, 0.05) is 17.0 Å². The molecule has 0 saturated carbocycles. The summed E-state index contributed by atoms with van der Waals surface area (Å²) in [6, 6.07) is 10.5. The summed E-state index contributed by atoms with van der Waals surface area (Å²) in [6.07, 6.45) is -5.41. The molecule has 1 aliphatic rings. The van der Waals surface area contributed by atoms with Gasteiger partial charge in [-0.15, -0.1) is 0 Å². The zero-order valence-electron chi connectivity index (χ0n) is 17.2. The van der Waals surface area contributed by atoms with Crippen molar-refractivity contribution in [1.82, 2.24) is 0 Å². The number of aliphatic hydroxyl groups is 5. The van der Waals surface area contributed by atoms with E-state index in [0.717, 1.165) is 5.56 Å². The van der Waals surface area contributed by atoms with Gasteiger partial charge in [-0.3, -0.25) is 0 Å². The lowest BCUT2D eigenvalue weighted by atomic mass is 9.86. The summed E-state index contributed by atoms with van der Waals surface area (Å²) in [4.78, 5) is 0. The minimum atomic E-state index is -1.87. The molecule has 31 heavy (non-hydrogen) atoms. The summed E-state index contributed by atoms with van der Waals surface area (Å²) in [5.74, 6) is 0.943. The van der Waals surface area contributed by atoms with Crippen LogP contribution in [0.4, 0.5) is 0 Å². The van der Waals surface area contributed by atoms with Crippen molar-refractivity contribution in [2.45, 2.75) is 50.2 Å². The summed E-state index contributed by atoms with van der Waals surface area (Å²) in [7, 11) is 1.58. The predicted molar refractivity (Wildman–Crippen MR) is 112 cm³/mol. The number of hydrogen-bond acceptors (Lipinski definition) is 8. The first-order valence-electron chi connectivity index (χ1n) is 9.77. The highest BCUT2D eigenvalue weighted by atomic mass is 35.5. The van der Waals surface area contributed by atoms with Gasteiger partial charge >= 0.3 is 0 Å². The van der Waals surface area contributed by atoms with E-state index in [1.807, 2.05) is 24.3 Å². The molecule has 0 spiro atoms. The van der Waals surface area contributed by atoms with E-state index in [1.54, 1.807) is 19.2 Å². The lowest BCUT2D eigenvalue weighted by molar-refractivity contribution is -0.308. The average molecular weight is 455 g/mol. The van der Waals surface area contributed by atoms with Crippen molar-refractivity contribution in [2.24, 2.45) is 0 Å². The standard InChI is InChI=1S/C22H27ClO8/c1-22(28)18(11-25)31-21(19(26)20(22)27)30-17-9-13(10-24)8-16(23)15(17)7-12-3-5-14(29-2)6-4-12/h3-6,8-9,18-21,24-28H,7,10-11H2,1-2H3/t18-,19-,20-,21+,22-/m1/s1. The quantitative estimate of drug-likeness (QED) is 0.419. The molecule has 1 aliphatic heterocycles. The maximum absolute atomic E-state index is 10.4. The van der Waals surface area contributed by atoms with E-state index < -0.39 is 36.8 Å². The molecule has 1 fully saturated rings. The zero-order chi connectivity index (χ0) is 22.8. The third-order valence-corrected chi connectivity index (χ3v) is 5.83. The zero-order valence-corrected chi connectivity index (χ0v) is 18.0. The van der Waals surface area contributed by atoms with Crippen molar-refractivity contribution in [3.8, 4) is 11.5 Å². The van der Waals surface area contributed by atoms with Crippen LogP contribution in [-0.4, -0.2) is 69.5 Å². The monoisotopic (exact) mass is 454 g/mol. The van der Waals surface area contributed by atoms with Crippen LogP contribution in [0.2, 0.25) is 5.02 Å². The molecule has 0 aromatic heterocycles. The lowest BCUT2D eigenvalue weighted by Crippen LogP contribution is -2.66. The number of hydrogen-bond donors (Lipinski definition) is 5. The molecule has 0 bridgehead atoms. The fourth-order valence-corrected chi connectivity index (χ4v) is 3.80. The van der Waals surface area contributed by atoms with Gasteiger partial charge in [0.2, 0.25) is 6.29 Å². The van der Waals surface area contributed by atoms with Crippen molar-refractivity contribution >= 4 is 11.6 Å². The molecule has 0 unspecified atom stereocenters. The minimum Gasteiger partial charge on any atom is -0.497 e. The summed E-state index contributed by atoms with van der Waals surface area (Å²) >= 11 is 6.46. The highest BCUT2D eigenvalue weighted by Crippen LogP contribution is 2.36. The maximum Gasteiger partial charge on any atom is 0.229 e. The second-order valence-corrected chi connectivity index (χ2v) is 8.10. The summed E-state index contributed by atoms with van der Waals surface area (Å²) in [6.45, 7) is 0.382. The van der Waals surface area contributed by atoms with Gasteiger partial charge in [0.25, 0.3) is 0 Å². The van der Waals surface area contributed by atoms with E-state index in [4.69, 9.17) is 25.8 Å². The Morgan fingerprint density at radius 1 is 1.10 bits per heavy atom. The predicted octanol–water partition coefficient (Wildman–Crippen LogP) is 1.00. The van der Waals surface area contributed by atoms with Crippen LogP contribution in [0.15, 0.2) is 36.4 Å². The normalized spacial score (nSPS) is 28.4. The van der Waals surface area contributed by atoms with Gasteiger partial charge in [-0.25, -0.2) is 0 Å². The van der Waals surface area contributed by atoms with E-state index in [9.17, 15) is 25.5 Å². The minimum absolute atomic E-state index is 0.238. The van der Waals surface area contributed by atoms with E-state index >= 15 is 0 Å². The lowest BCUT2D eigenvalue weighted by Gasteiger charge is -2.45. The fraction of sp³-hybridized carbons (Fsp3) is 0.455. The number of ether oxygens (including phenoxy) is 3. The molecule has 0 aliphatic carbocycles. The average Bonchev–Trinajstić information content (AvgIpc) is 2.76. The molecule has 0 amide bonds. The Kier molecular flexibility index (Phi) is 7.43. The first-order chi connectivity index (χ1) is 14.7. The second kappa shape index (κ2) is 9.70. The smallest absolute Gasteiger partial charge is 0.229 e. The van der Waals surface area contributed by atoms with Gasteiger partial charge in [-0.1, -0.05) is 23.7 Å². The topological polar surface area (TPSA) is 129 Å². The Labute approximate surface area is 185 Å². The van der Waals surface area contributed by atoms with E-state index in [-0.39, 0.29) is 12.4 Å². The SMILES string of the molecule is COc1ccc(Cc2c(Cl)cc(CO)cc2O[C@H]2O[C@H](CO)[C@@](C)(O)[C@H](O)[C@H]2O)cc1. The van der Waals surface area contributed by atoms with E-state index in [1.165, 1.54) is 6.92 Å². The molecule has 170 valence electrons. The van der Waals surface area contributed by atoms with Gasteiger partial charge in [-0.05, 0) is 42.3 Å². The molecule has 8 nitrogen and oxygen atoms in total. The third-order valence-electron chi connectivity index (χ3n) is 5.50. The van der Waals surface area contributed by atoms with Crippen LogP contribution in [0.25, 0.3) is 0 Å². The Morgan fingerprint density at radius 2 is 1.77 bits per heavy atom. The van der Waals surface area contributed by atoms with Crippen molar-refractivity contribution in [1.29, 1.82) is 0 Å². The maximum atomic E-state index is 10.4. The first-order valence-corrected chi connectivity index (χ1v) is 10.2. The van der Waals surface area contributed by atoms with Crippen LogP contribution in [-0.2, 0) is 17.8 Å². The number of halogens is 1. The molecule has 1 heterocycles. The molecule has 9 heteroatoms. The van der Waals surface area contributed by atoms with Crippen LogP contribution >= 0.6 is 11.6 Å². The van der Waals surface area contributed by atoms with Crippen molar-refractivity contribution in [3.05, 3.63) is 58.1 Å². The molecular formula is C22H27ClO8. The largest absolute Gasteiger partial charge is 0.497 e. The molecular weight excluding hydrogens is 428 g/mol. The van der Waals surface area contributed by atoms with Gasteiger partial charge in [-0.2, -0.15) is 0 Å². The van der Waals surface area contributed by atoms with E-state index in [0.29, 0.717) is 28.3 Å². The highest BCUT2D eigenvalue weighted by molar-refractivity contribution is 6.31. The molecule has 5 N–H and O–H groups in total. The Morgan fingerprint density at radius 3 is 2.35 bits per heavy atom. The van der Waals surface area contributed by atoms with Gasteiger partial charge < -0.3 is 39.7 Å². The Bertz CT molecular complexity index is 882. The second-order valence-electron chi connectivity index (χ2n) is 7.69. The summed E-state index contributed by atoms with van der Waals surface area (Å²) in [5, 5.41) is 50.6. The van der Waals surface area contributed by atoms with Gasteiger partial charge in [0.05, 0.1) is 20.3 Å². The molecule has 3 rings (SSSR count). The molecule has 0 radical (unpaired) electrons. The number of aliphatic hydroxyl groups excluding tert-OH is 4. The number of benzene rings is 2. The summed E-state index contributed by atoms with van der Waals surface area (Å²) in [5.41, 5.74) is 0.0951. The van der Waals surface area contributed by atoms with Crippen molar-refractivity contribution in [2.75, 3.05) is 13.7 Å². The van der Waals surface area contributed by atoms with E-state index in [2.05, 4.69) is 0 Å². The molecule has 2 aromatic carbocycles. The fourth-order valence-electron chi connectivity index (χ4n) is 3.50. The van der Waals surface area contributed by atoms with Crippen LogP contribution in [0.3, 0.4) is 0 Å². The molecule has 1 saturated heterocycles. The Hall–Kier alpha value is -1.91. The summed E-state index contributed by atoms with van der Waals surface area (Å²) < 4.78 is 16.6. The van der Waals surface area contributed by atoms with Crippen LogP contribution in [0, 0.1) is 0 Å². The molecule has 2 aromatic rings. The number of rotatable bonds is 7.